The monoisotopic (exact) mass is 459 g/mol. The molecule has 8 nitrogen and oxygen atoms in total. The molecule has 1 aliphatic heterocycles. The standard InChI is InChI=1S/C22H22FN3O5S/c1-31-21(27)15-25-14-20(16-6-2-3-7-17(16)22(25)28)32(29,30)26-12-10-24(11-13-26)19-9-5-4-8-18(19)23/h2-9,14H,10-13,15H2,1H3. The number of rotatable bonds is 5. The summed E-state index contributed by atoms with van der Waals surface area (Å²) in [6.45, 7) is 0.547. The van der Waals surface area contributed by atoms with E-state index < -0.39 is 28.1 Å². The van der Waals surface area contributed by atoms with Crippen LogP contribution >= 0.6 is 0 Å². The van der Waals surface area contributed by atoms with Gasteiger partial charge in [0.1, 0.15) is 17.3 Å². The minimum atomic E-state index is -3.99. The Labute approximate surface area is 184 Å². The Morgan fingerprint density at radius 1 is 1.00 bits per heavy atom. The van der Waals surface area contributed by atoms with E-state index in [-0.39, 0.29) is 34.6 Å². The number of sulfonamides is 1. The third kappa shape index (κ3) is 3.98. The van der Waals surface area contributed by atoms with E-state index in [2.05, 4.69) is 4.74 Å². The van der Waals surface area contributed by atoms with Gasteiger partial charge in [-0.3, -0.25) is 9.59 Å². The molecule has 0 atom stereocenters. The van der Waals surface area contributed by atoms with Gasteiger partial charge in [-0.2, -0.15) is 4.31 Å². The van der Waals surface area contributed by atoms with E-state index in [0.29, 0.717) is 18.8 Å². The van der Waals surface area contributed by atoms with Crippen molar-refractivity contribution in [2.75, 3.05) is 38.2 Å². The van der Waals surface area contributed by atoms with E-state index in [4.69, 9.17) is 0 Å². The molecule has 1 fully saturated rings. The molecule has 0 bridgehead atoms. The first kappa shape index (κ1) is 22.0. The Balaban J connectivity index is 1.69. The van der Waals surface area contributed by atoms with E-state index in [9.17, 15) is 22.4 Å². The summed E-state index contributed by atoms with van der Waals surface area (Å²) in [5.74, 6) is -1.02. The first-order valence-electron chi connectivity index (χ1n) is 10.0. The highest BCUT2D eigenvalue weighted by atomic mass is 32.2. The minimum absolute atomic E-state index is 0.0593. The normalized spacial score (nSPS) is 15.1. The van der Waals surface area contributed by atoms with E-state index in [1.54, 1.807) is 41.3 Å². The molecule has 168 valence electrons. The number of benzene rings is 2. The van der Waals surface area contributed by atoms with Crippen molar-refractivity contribution < 1.29 is 22.3 Å². The maximum atomic E-state index is 14.1. The lowest BCUT2D eigenvalue weighted by Gasteiger charge is -2.35. The van der Waals surface area contributed by atoms with Gasteiger partial charge < -0.3 is 14.2 Å². The van der Waals surface area contributed by atoms with Gasteiger partial charge in [0.25, 0.3) is 5.56 Å². The van der Waals surface area contributed by atoms with Crippen molar-refractivity contribution in [3.8, 4) is 0 Å². The van der Waals surface area contributed by atoms with Crippen LogP contribution in [0, 0.1) is 5.82 Å². The van der Waals surface area contributed by atoms with Gasteiger partial charge in [0.2, 0.25) is 10.0 Å². The highest BCUT2D eigenvalue weighted by Crippen LogP contribution is 2.26. The molecule has 4 rings (SSSR count). The Morgan fingerprint density at radius 2 is 1.62 bits per heavy atom. The number of hydrogen-bond acceptors (Lipinski definition) is 6. The minimum Gasteiger partial charge on any atom is -0.468 e. The molecule has 0 amide bonds. The largest absolute Gasteiger partial charge is 0.468 e. The lowest BCUT2D eigenvalue weighted by Crippen LogP contribution is -2.49. The fourth-order valence-electron chi connectivity index (χ4n) is 3.85. The number of carbonyl (C=O) groups excluding carboxylic acids is 1. The lowest BCUT2D eigenvalue weighted by atomic mass is 10.2. The van der Waals surface area contributed by atoms with Crippen LogP contribution in [0.1, 0.15) is 0 Å². The van der Waals surface area contributed by atoms with Crippen molar-refractivity contribution in [1.29, 1.82) is 0 Å². The summed E-state index contributed by atoms with van der Waals surface area (Å²) in [5.41, 5.74) is -0.0454. The van der Waals surface area contributed by atoms with Crippen LogP contribution in [0.5, 0.6) is 0 Å². The molecular weight excluding hydrogens is 437 g/mol. The lowest BCUT2D eigenvalue weighted by molar-refractivity contribution is -0.141. The summed E-state index contributed by atoms with van der Waals surface area (Å²) in [5, 5.41) is 0.484. The molecule has 0 N–H and O–H groups in total. The molecule has 0 saturated carbocycles. The first-order chi connectivity index (χ1) is 15.3. The molecule has 2 heterocycles. The smallest absolute Gasteiger partial charge is 0.325 e. The van der Waals surface area contributed by atoms with Crippen LogP contribution in [0.2, 0.25) is 0 Å². The summed E-state index contributed by atoms with van der Waals surface area (Å²) in [7, 11) is -2.79. The first-order valence-corrected chi connectivity index (χ1v) is 11.5. The number of nitrogens with zero attached hydrogens (tertiary/aromatic N) is 3. The predicted molar refractivity (Wildman–Crippen MR) is 118 cm³/mol. The molecule has 0 unspecified atom stereocenters. The Morgan fingerprint density at radius 3 is 2.28 bits per heavy atom. The quantitative estimate of drug-likeness (QED) is 0.541. The molecule has 1 aromatic heterocycles. The molecule has 2 aromatic carbocycles. The fourth-order valence-corrected chi connectivity index (χ4v) is 5.49. The Kier molecular flexibility index (Phi) is 5.98. The summed E-state index contributed by atoms with van der Waals surface area (Å²) >= 11 is 0. The summed E-state index contributed by atoms with van der Waals surface area (Å²) in [6.07, 6.45) is 1.19. The number of carbonyl (C=O) groups is 1. The number of anilines is 1. The van der Waals surface area contributed by atoms with Crippen LogP contribution in [0.3, 0.4) is 0 Å². The van der Waals surface area contributed by atoms with Crippen LogP contribution in [-0.2, 0) is 26.1 Å². The second-order valence-corrected chi connectivity index (χ2v) is 9.30. The highest BCUT2D eigenvalue weighted by molar-refractivity contribution is 7.89. The SMILES string of the molecule is COC(=O)Cn1cc(S(=O)(=O)N2CCN(c3ccccc3F)CC2)c2ccccc2c1=O. The number of hydrogen-bond donors (Lipinski definition) is 0. The number of pyridine rings is 1. The average Bonchev–Trinajstić information content (AvgIpc) is 2.81. The van der Waals surface area contributed by atoms with Crippen LogP contribution in [0.15, 0.2) is 64.4 Å². The van der Waals surface area contributed by atoms with Gasteiger partial charge in [0.05, 0.1) is 12.8 Å². The Bertz CT molecular complexity index is 1330. The van der Waals surface area contributed by atoms with E-state index >= 15 is 0 Å². The third-order valence-corrected chi connectivity index (χ3v) is 7.46. The van der Waals surface area contributed by atoms with E-state index in [1.807, 2.05) is 0 Å². The maximum absolute atomic E-state index is 14.1. The van der Waals surface area contributed by atoms with Gasteiger partial charge in [-0.25, -0.2) is 12.8 Å². The highest BCUT2D eigenvalue weighted by Gasteiger charge is 2.31. The molecule has 0 spiro atoms. The zero-order chi connectivity index (χ0) is 22.9. The van der Waals surface area contributed by atoms with E-state index in [1.165, 1.54) is 29.7 Å². The van der Waals surface area contributed by atoms with Gasteiger partial charge in [-0.1, -0.05) is 30.3 Å². The number of ether oxygens (including phenoxy) is 1. The summed E-state index contributed by atoms with van der Waals surface area (Å²) in [6, 6.07) is 12.8. The number of para-hydroxylation sites is 1. The van der Waals surface area contributed by atoms with Crippen LogP contribution < -0.4 is 10.5 Å². The van der Waals surface area contributed by atoms with Crippen LogP contribution in [0.25, 0.3) is 10.8 Å². The van der Waals surface area contributed by atoms with Gasteiger partial charge in [0, 0.05) is 43.1 Å². The predicted octanol–water partition coefficient (Wildman–Crippen LogP) is 1.82. The van der Waals surface area contributed by atoms with Gasteiger partial charge >= 0.3 is 5.97 Å². The van der Waals surface area contributed by atoms with Gasteiger partial charge in [-0.15, -0.1) is 0 Å². The van der Waals surface area contributed by atoms with Crippen molar-refractivity contribution in [3.63, 3.8) is 0 Å². The second-order valence-electron chi connectivity index (χ2n) is 7.39. The van der Waals surface area contributed by atoms with Crippen molar-refractivity contribution >= 4 is 32.5 Å². The van der Waals surface area contributed by atoms with Gasteiger partial charge in [0.15, 0.2) is 0 Å². The molecule has 32 heavy (non-hydrogen) atoms. The zero-order valence-electron chi connectivity index (χ0n) is 17.4. The Hall–Kier alpha value is -3.24. The molecule has 3 aromatic rings. The van der Waals surface area contributed by atoms with Crippen LogP contribution in [-0.4, -0.2) is 56.5 Å². The molecule has 1 saturated heterocycles. The van der Waals surface area contributed by atoms with Crippen molar-refractivity contribution in [3.05, 3.63) is 70.9 Å². The number of fused-ring (bicyclic) bond motifs is 1. The average molecular weight is 459 g/mol. The van der Waals surface area contributed by atoms with Crippen LogP contribution in [0.4, 0.5) is 10.1 Å². The molecule has 1 aliphatic rings. The molecule has 0 radical (unpaired) electrons. The summed E-state index contributed by atoms with van der Waals surface area (Å²) in [4.78, 5) is 26.3. The second kappa shape index (κ2) is 8.71. The van der Waals surface area contributed by atoms with Crippen molar-refractivity contribution in [2.24, 2.45) is 0 Å². The number of esters is 1. The number of halogens is 1. The summed E-state index contributed by atoms with van der Waals surface area (Å²) < 4.78 is 48.2. The van der Waals surface area contributed by atoms with E-state index in [0.717, 1.165) is 4.57 Å². The topological polar surface area (TPSA) is 88.9 Å². The fraction of sp³-hybridized carbons (Fsp3) is 0.273. The molecule has 10 heteroatoms. The zero-order valence-corrected chi connectivity index (χ0v) is 18.2. The number of aromatic nitrogens is 1. The molecular formula is C22H22FN3O5S. The number of methoxy groups -OCH3 is 1. The van der Waals surface area contributed by atoms with Crippen molar-refractivity contribution in [1.82, 2.24) is 8.87 Å². The maximum Gasteiger partial charge on any atom is 0.325 e. The third-order valence-electron chi connectivity index (χ3n) is 5.53. The van der Waals surface area contributed by atoms with Crippen molar-refractivity contribution in [2.45, 2.75) is 11.4 Å². The van der Waals surface area contributed by atoms with Gasteiger partial charge in [-0.05, 0) is 18.2 Å². The molecule has 0 aliphatic carbocycles. The number of piperazine rings is 1.